The highest BCUT2D eigenvalue weighted by atomic mass is 32.1. The first-order chi connectivity index (χ1) is 8.67. The standard InChI is InChI=1S/C12H20N4OS/c1-3-8-7-16(6-5-9(8)13)12(17)11-10(4-2)14-15-18-11/h8-9H,3-7,13H2,1-2H3. The molecule has 1 amide bonds. The van der Waals surface area contributed by atoms with Crippen LogP contribution in [-0.4, -0.2) is 39.5 Å². The summed E-state index contributed by atoms with van der Waals surface area (Å²) in [5.41, 5.74) is 6.88. The Bertz CT molecular complexity index is 420. The molecule has 100 valence electrons. The number of rotatable bonds is 3. The molecule has 18 heavy (non-hydrogen) atoms. The van der Waals surface area contributed by atoms with E-state index in [2.05, 4.69) is 16.5 Å². The fourth-order valence-corrected chi connectivity index (χ4v) is 3.13. The van der Waals surface area contributed by atoms with E-state index in [1.165, 1.54) is 11.5 Å². The predicted molar refractivity (Wildman–Crippen MR) is 71.6 cm³/mol. The molecule has 1 saturated heterocycles. The van der Waals surface area contributed by atoms with E-state index in [1.807, 2.05) is 11.8 Å². The van der Waals surface area contributed by atoms with Crippen molar-refractivity contribution >= 4 is 17.4 Å². The zero-order chi connectivity index (χ0) is 13.1. The molecule has 0 bridgehead atoms. The van der Waals surface area contributed by atoms with Gasteiger partial charge in [0.2, 0.25) is 0 Å². The topological polar surface area (TPSA) is 72.1 Å². The van der Waals surface area contributed by atoms with Gasteiger partial charge in [0.15, 0.2) is 0 Å². The number of hydrogen-bond acceptors (Lipinski definition) is 5. The van der Waals surface area contributed by atoms with Crippen molar-refractivity contribution in [2.75, 3.05) is 13.1 Å². The Morgan fingerprint density at radius 2 is 2.33 bits per heavy atom. The van der Waals surface area contributed by atoms with Crippen molar-refractivity contribution in [2.45, 2.75) is 39.2 Å². The molecule has 1 aliphatic rings. The number of amides is 1. The largest absolute Gasteiger partial charge is 0.337 e. The second-order valence-electron chi connectivity index (χ2n) is 4.77. The molecule has 1 fully saturated rings. The van der Waals surface area contributed by atoms with Crippen LogP contribution in [0.5, 0.6) is 0 Å². The smallest absolute Gasteiger partial charge is 0.267 e. The fraction of sp³-hybridized carbons (Fsp3) is 0.750. The van der Waals surface area contributed by atoms with Crippen molar-refractivity contribution in [1.29, 1.82) is 0 Å². The molecule has 0 saturated carbocycles. The van der Waals surface area contributed by atoms with Crippen LogP contribution >= 0.6 is 11.5 Å². The van der Waals surface area contributed by atoms with Gasteiger partial charge >= 0.3 is 0 Å². The third kappa shape index (κ3) is 2.54. The summed E-state index contributed by atoms with van der Waals surface area (Å²) in [5.74, 6) is 0.487. The minimum absolute atomic E-state index is 0.0761. The minimum Gasteiger partial charge on any atom is -0.337 e. The number of piperidine rings is 1. The molecule has 5 nitrogen and oxygen atoms in total. The van der Waals surface area contributed by atoms with Crippen LogP contribution in [0, 0.1) is 5.92 Å². The molecule has 6 heteroatoms. The maximum absolute atomic E-state index is 12.4. The average Bonchev–Trinajstić information content (AvgIpc) is 2.86. The molecule has 2 atom stereocenters. The van der Waals surface area contributed by atoms with Gasteiger partial charge < -0.3 is 10.6 Å². The van der Waals surface area contributed by atoms with Crippen molar-refractivity contribution in [3.8, 4) is 0 Å². The van der Waals surface area contributed by atoms with E-state index in [0.29, 0.717) is 10.8 Å². The minimum atomic E-state index is 0.0761. The Kier molecular flexibility index (Phi) is 4.29. The number of likely N-dealkylation sites (tertiary alicyclic amines) is 1. The Morgan fingerprint density at radius 3 is 3.00 bits per heavy atom. The fourth-order valence-electron chi connectivity index (χ4n) is 2.41. The number of nitrogens with two attached hydrogens (primary N) is 1. The molecule has 1 aliphatic heterocycles. The van der Waals surface area contributed by atoms with E-state index in [-0.39, 0.29) is 11.9 Å². The van der Waals surface area contributed by atoms with Gasteiger partial charge in [-0.25, -0.2) is 0 Å². The van der Waals surface area contributed by atoms with E-state index >= 15 is 0 Å². The maximum atomic E-state index is 12.4. The predicted octanol–water partition coefficient (Wildman–Crippen LogP) is 1.30. The summed E-state index contributed by atoms with van der Waals surface area (Å²) in [6.45, 7) is 5.63. The normalized spacial score (nSPS) is 24.3. The van der Waals surface area contributed by atoms with Crippen LogP contribution in [0.1, 0.15) is 42.1 Å². The van der Waals surface area contributed by atoms with Gasteiger partial charge in [0.05, 0.1) is 5.69 Å². The molecular formula is C12H20N4OS. The Morgan fingerprint density at radius 1 is 1.56 bits per heavy atom. The lowest BCUT2D eigenvalue weighted by molar-refractivity contribution is 0.0653. The zero-order valence-corrected chi connectivity index (χ0v) is 11.7. The lowest BCUT2D eigenvalue weighted by Crippen LogP contribution is -2.49. The third-order valence-electron chi connectivity index (χ3n) is 3.69. The molecule has 2 heterocycles. The number of carbonyl (C=O) groups is 1. The Hall–Kier alpha value is -1.01. The highest BCUT2D eigenvalue weighted by Crippen LogP contribution is 2.22. The molecule has 1 aromatic rings. The van der Waals surface area contributed by atoms with Crippen LogP contribution in [-0.2, 0) is 6.42 Å². The van der Waals surface area contributed by atoms with E-state index in [1.54, 1.807) is 0 Å². The first-order valence-electron chi connectivity index (χ1n) is 6.53. The van der Waals surface area contributed by atoms with Crippen molar-refractivity contribution in [2.24, 2.45) is 11.7 Å². The highest BCUT2D eigenvalue weighted by molar-refractivity contribution is 7.08. The second kappa shape index (κ2) is 5.75. The highest BCUT2D eigenvalue weighted by Gasteiger charge is 2.30. The SMILES string of the molecule is CCc1nnsc1C(=O)N1CCC(N)C(CC)C1. The summed E-state index contributed by atoms with van der Waals surface area (Å²) in [4.78, 5) is 15.0. The molecule has 0 aromatic carbocycles. The van der Waals surface area contributed by atoms with Crippen LogP contribution in [0.15, 0.2) is 0 Å². The summed E-state index contributed by atoms with van der Waals surface area (Å²) < 4.78 is 3.88. The first-order valence-corrected chi connectivity index (χ1v) is 7.30. The van der Waals surface area contributed by atoms with Gasteiger partial charge in [-0.2, -0.15) is 0 Å². The zero-order valence-electron chi connectivity index (χ0n) is 10.9. The quantitative estimate of drug-likeness (QED) is 0.897. The summed E-state index contributed by atoms with van der Waals surface area (Å²) in [7, 11) is 0. The molecule has 2 rings (SSSR count). The maximum Gasteiger partial charge on any atom is 0.267 e. The molecule has 2 unspecified atom stereocenters. The number of carbonyl (C=O) groups excluding carboxylic acids is 1. The first kappa shape index (κ1) is 13.4. The number of nitrogens with zero attached hydrogens (tertiary/aromatic N) is 3. The van der Waals surface area contributed by atoms with Crippen molar-refractivity contribution in [3.05, 3.63) is 10.6 Å². The van der Waals surface area contributed by atoms with Crippen LogP contribution < -0.4 is 5.73 Å². The van der Waals surface area contributed by atoms with Crippen molar-refractivity contribution < 1.29 is 4.79 Å². The summed E-state index contributed by atoms with van der Waals surface area (Å²) >= 11 is 1.20. The summed E-state index contributed by atoms with van der Waals surface area (Å²) in [5, 5.41) is 4.00. The van der Waals surface area contributed by atoms with Gasteiger partial charge in [-0.05, 0) is 30.3 Å². The summed E-state index contributed by atoms with van der Waals surface area (Å²) in [6, 6.07) is 0.226. The van der Waals surface area contributed by atoms with E-state index in [9.17, 15) is 4.79 Å². The van der Waals surface area contributed by atoms with E-state index in [0.717, 1.165) is 38.0 Å². The second-order valence-corrected chi connectivity index (χ2v) is 5.53. The van der Waals surface area contributed by atoms with E-state index < -0.39 is 0 Å². The Labute approximate surface area is 112 Å². The van der Waals surface area contributed by atoms with Gasteiger partial charge in [-0.15, -0.1) is 5.10 Å². The molecule has 0 aliphatic carbocycles. The molecule has 0 radical (unpaired) electrons. The third-order valence-corrected chi connectivity index (χ3v) is 4.45. The Balaban J connectivity index is 2.10. The lowest BCUT2D eigenvalue weighted by atomic mass is 9.90. The van der Waals surface area contributed by atoms with Gasteiger partial charge in [0.1, 0.15) is 4.88 Å². The van der Waals surface area contributed by atoms with Crippen molar-refractivity contribution in [1.82, 2.24) is 14.5 Å². The average molecular weight is 268 g/mol. The molecule has 1 aromatic heterocycles. The van der Waals surface area contributed by atoms with Crippen molar-refractivity contribution in [3.63, 3.8) is 0 Å². The molecule has 2 N–H and O–H groups in total. The van der Waals surface area contributed by atoms with Gasteiger partial charge in [0, 0.05) is 19.1 Å². The van der Waals surface area contributed by atoms with Crippen LogP contribution in [0.25, 0.3) is 0 Å². The van der Waals surface area contributed by atoms with Crippen LogP contribution in [0.2, 0.25) is 0 Å². The number of aromatic nitrogens is 2. The summed E-state index contributed by atoms with van der Waals surface area (Å²) in [6.07, 6.45) is 2.66. The monoisotopic (exact) mass is 268 g/mol. The number of aryl methyl sites for hydroxylation is 1. The molecule has 0 spiro atoms. The van der Waals surface area contributed by atoms with Gasteiger partial charge in [0.25, 0.3) is 5.91 Å². The lowest BCUT2D eigenvalue weighted by Gasteiger charge is -2.36. The number of hydrogen-bond donors (Lipinski definition) is 1. The van der Waals surface area contributed by atoms with Gasteiger partial charge in [-0.1, -0.05) is 24.8 Å². The molecular weight excluding hydrogens is 248 g/mol. The van der Waals surface area contributed by atoms with E-state index in [4.69, 9.17) is 5.73 Å². The van der Waals surface area contributed by atoms with Crippen LogP contribution in [0.4, 0.5) is 0 Å². The van der Waals surface area contributed by atoms with Crippen LogP contribution in [0.3, 0.4) is 0 Å². The van der Waals surface area contributed by atoms with Gasteiger partial charge in [-0.3, -0.25) is 4.79 Å².